The van der Waals surface area contributed by atoms with Crippen molar-refractivity contribution >= 4 is 44.9 Å². The molecule has 0 aliphatic carbocycles. The Labute approximate surface area is 169 Å². The topological polar surface area (TPSA) is 78.4 Å². The van der Waals surface area contributed by atoms with E-state index in [9.17, 15) is 9.90 Å². The number of hydrogen-bond donors (Lipinski definition) is 1. The van der Waals surface area contributed by atoms with Crippen LogP contribution in [0.5, 0.6) is 5.88 Å². The molecule has 4 rings (SSSR count). The molecule has 2 heterocycles. The van der Waals surface area contributed by atoms with E-state index >= 15 is 0 Å². The maximum Gasteiger partial charge on any atom is 0.265 e. The number of pyridine rings is 1. The molecule has 2 aromatic carbocycles. The summed E-state index contributed by atoms with van der Waals surface area (Å²) in [6.45, 7) is 0. The number of aliphatic imine (C=N–C) groups is 1. The number of hydrogen-bond acceptors (Lipinski definition) is 5. The fourth-order valence-electron chi connectivity index (χ4n) is 2.96. The molecule has 0 radical (unpaired) electrons. The van der Waals surface area contributed by atoms with Crippen molar-refractivity contribution in [2.45, 2.75) is 0 Å². The van der Waals surface area contributed by atoms with Crippen LogP contribution in [0.15, 0.2) is 69.8 Å². The third kappa shape index (κ3) is 2.97. The number of thiophene rings is 1. The van der Waals surface area contributed by atoms with Crippen LogP contribution < -0.4 is 5.56 Å². The molecule has 5 nitrogen and oxygen atoms in total. The maximum absolute atomic E-state index is 13.0. The second-order valence-corrected chi connectivity index (χ2v) is 7.19. The van der Waals surface area contributed by atoms with Gasteiger partial charge in [-0.3, -0.25) is 4.79 Å². The summed E-state index contributed by atoms with van der Waals surface area (Å²) in [5, 5.41) is 23.7. The van der Waals surface area contributed by atoms with Crippen LogP contribution in [-0.4, -0.2) is 15.9 Å². The minimum absolute atomic E-state index is 0.268. The number of rotatable bonds is 3. The standard InChI is InChI=1S/C21H12ClN3O2S/c22-17-7-3-4-8-18(17)25-20(26)15-6-2-1-5-14(15)16(21(25)27)12-24-19-13(11-23)9-10-28-19/h1-10,12,27H/b24-12+. The molecule has 0 saturated heterocycles. The van der Waals surface area contributed by atoms with Crippen molar-refractivity contribution < 1.29 is 5.11 Å². The summed E-state index contributed by atoms with van der Waals surface area (Å²) in [5.41, 5.74) is 0.810. The highest BCUT2D eigenvalue weighted by Crippen LogP contribution is 2.30. The Morgan fingerprint density at radius 1 is 1.11 bits per heavy atom. The van der Waals surface area contributed by atoms with Gasteiger partial charge in [-0.05, 0) is 29.6 Å². The van der Waals surface area contributed by atoms with Crippen molar-refractivity contribution in [3.05, 3.63) is 86.5 Å². The Hall–Kier alpha value is -3.40. The Kier molecular flexibility index (Phi) is 4.70. The highest BCUT2D eigenvalue weighted by atomic mass is 35.5. The molecule has 0 amide bonds. The van der Waals surface area contributed by atoms with E-state index in [-0.39, 0.29) is 11.4 Å². The molecule has 0 unspecified atom stereocenters. The van der Waals surface area contributed by atoms with Gasteiger partial charge in [-0.1, -0.05) is 41.9 Å². The monoisotopic (exact) mass is 405 g/mol. The van der Waals surface area contributed by atoms with Gasteiger partial charge >= 0.3 is 0 Å². The molecule has 0 saturated carbocycles. The molecule has 28 heavy (non-hydrogen) atoms. The zero-order valence-corrected chi connectivity index (χ0v) is 15.9. The van der Waals surface area contributed by atoms with Gasteiger partial charge in [-0.2, -0.15) is 5.26 Å². The number of aromatic hydroxyl groups is 1. The molecular formula is C21H12ClN3O2S. The van der Waals surface area contributed by atoms with Gasteiger partial charge in [0.05, 0.1) is 21.8 Å². The predicted molar refractivity (Wildman–Crippen MR) is 113 cm³/mol. The van der Waals surface area contributed by atoms with Gasteiger partial charge in [0.25, 0.3) is 5.56 Å². The zero-order chi connectivity index (χ0) is 19.7. The molecule has 2 aromatic heterocycles. The van der Waals surface area contributed by atoms with Crippen molar-refractivity contribution in [1.82, 2.24) is 4.57 Å². The van der Waals surface area contributed by atoms with E-state index in [0.717, 1.165) is 0 Å². The molecular weight excluding hydrogens is 394 g/mol. The largest absolute Gasteiger partial charge is 0.494 e. The lowest BCUT2D eigenvalue weighted by Crippen LogP contribution is -2.20. The first-order valence-corrected chi connectivity index (χ1v) is 9.51. The van der Waals surface area contributed by atoms with Gasteiger partial charge in [-0.25, -0.2) is 9.56 Å². The highest BCUT2D eigenvalue weighted by molar-refractivity contribution is 7.14. The molecule has 4 aromatic rings. The van der Waals surface area contributed by atoms with Crippen molar-refractivity contribution in [2.24, 2.45) is 4.99 Å². The predicted octanol–water partition coefficient (Wildman–Crippen LogP) is 5.03. The number of nitrogens with zero attached hydrogens (tertiary/aromatic N) is 3. The van der Waals surface area contributed by atoms with Gasteiger partial charge in [0.1, 0.15) is 11.1 Å². The molecule has 136 valence electrons. The van der Waals surface area contributed by atoms with E-state index in [1.54, 1.807) is 60.0 Å². The normalized spacial score (nSPS) is 11.1. The Bertz CT molecular complexity index is 1330. The number of aromatic nitrogens is 1. The quantitative estimate of drug-likeness (QED) is 0.485. The first kappa shape index (κ1) is 18.0. The summed E-state index contributed by atoms with van der Waals surface area (Å²) in [6.07, 6.45) is 1.47. The average Bonchev–Trinajstić information content (AvgIpc) is 3.17. The lowest BCUT2D eigenvalue weighted by Gasteiger charge is -2.14. The fourth-order valence-corrected chi connectivity index (χ4v) is 3.86. The van der Waals surface area contributed by atoms with Crippen LogP contribution >= 0.6 is 22.9 Å². The van der Waals surface area contributed by atoms with E-state index < -0.39 is 0 Å². The number of nitriles is 1. The van der Waals surface area contributed by atoms with Crippen molar-refractivity contribution in [3.8, 4) is 17.6 Å². The molecule has 0 bridgehead atoms. The Morgan fingerprint density at radius 2 is 1.82 bits per heavy atom. The summed E-state index contributed by atoms with van der Waals surface area (Å²) >= 11 is 7.58. The van der Waals surface area contributed by atoms with Crippen molar-refractivity contribution in [3.63, 3.8) is 0 Å². The van der Waals surface area contributed by atoms with Gasteiger partial charge in [0.2, 0.25) is 5.88 Å². The second-order valence-electron chi connectivity index (χ2n) is 5.88. The van der Waals surface area contributed by atoms with E-state index in [1.165, 1.54) is 22.1 Å². The first-order valence-electron chi connectivity index (χ1n) is 8.25. The fraction of sp³-hybridized carbons (Fsp3) is 0. The average molecular weight is 406 g/mol. The van der Waals surface area contributed by atoms with Crippen molar-refractivity contribution in [2.75, 3.05) is 0 Å². The lowest BCUT2D eigenvalue weighted by molar-refractivity contribution is 0.436. The molecule has 0 aliphatic rings. The summed E-state index contributed by atoms with van der Waals surface area (Å²) in [7, 11) is 0. The molecule has 7 heteroatoms. The molecule has 0 spiro atoms. The maximum atomic E-state index is 13.0. The van der Waals surface area contributed by atoms with E-state index in [0.29, 0.717) is 37.6 Å². The second kappa shape index (κ2) is 7.31. The summed E-state index contributed by atoms with van der Waals surface area (Å²) in [5.74, 6) is -0.268. The minimum Gasteiger partial charge on any atom is -0.494 e. The van der Waals surface area contributed by atoms with Crippen LogP contribution in [0.4, 0.5) is 5.00 Å². The highest BCUT2D eigenvalue weighted by Gasteiger charge is 2.17. The van der Waals surface area contributed by atoms with Crippen LogP contribution in [0.1, 0.15) is 11.1 Å². The van der Waals surface area contributed by atoms with Crippen LogP contribution in [-0.2, 0) is 0 Å². The molecule has 0 fully saturated rings. The number of para-hydroxylation sites is 1. The molecule has 0 atom stereocenters. The van der Waals surface area contributed by atoms with Crippen LogP contribution in [0.2, 0.25) is 5.02 Å². The molecule has 1 N–H and O–H groups in total. The van der Waals surface area contributed by atoms with Gasteiger partial charge < -0.3 is 5.11 Å². The Balaban J connectivity index is 2.02. The molecule has 0 aliphatic heterocycles. The van der Waals surface area contributed by atoms with E-state index in [4.69, 9.17) is 16.9 Å². The number of fused-ring (bicyclic) bond motifs is 1. The number of halogens is 1. The Morgan fingerprint density at radius 3 is 2.57 bits per heavy atom. The third-order valence-electron chi connectivity index (χ3n) is 4.27. The summed E-state index contributed by atoms with van der Waals surface area (Å²) < 4.78 is 1.17. The zero-order valence-electron chi connectivity index (χ0n) is 14.3. The lowest BCUT2D eigenvalue weighted by atomic mass is 10.1. The summed E-state index contributed by atoms with van der Waals surface area (Å²) in [4.78, 5) is 17.4. The van der Waals surface area contributed by atoms with Crippen LogP contribution in [0, 0.1) is 11.3 Å². The minimum atomic E-state index is -0.382. The SMILES string of the molecule is N#Cc1ccsc1/N=C/c1c(O)n(-c2ccccc2Cl)c(=O)c2ccccc12. The van der Waals surface area contributed by atoms with Gasteiger partial charge in [0, 0.05) is 17.0 Å². The third-order valence-corrected chi connectivity index (χ3v) is 5.41. The number of benzene rings is 2. The van der Waals surface area contributed by atoms with E-state index in [2.05, 4.69) is 11.1 Å². The van der Waals surface area contributed by atoms with Crippen LogP contribution in [0.25, 0.3) is 16.5 Å². The van der Waals surface area contributed by atoms with Gasteiger partial charge in [0.15, 0.2) is 0 Å². The smallest absolute Gasteiger partial charge is 0.265 e. The van der Waals surface area contributed by atoms with E-state index in [1.807, 2.05) is 0 Å². The first-order chi connectivity index (χ1) is 13.6. The van der Waals surface area contributed by atoms with Crippen LogP contribution in [0.3, 0.4) is 0 Å². The van der Waals surface area contributed by atoms with Crippen molar-refractivity contribution in [1.29, 1.82) is 5.26 Å². The van der Waals surface area contributed by atoms with Gasteiger partial charge in [-0.15, -0.1) is 11.3 Å². The summed E-state index contributed by atoms with van der Waals surface area (Å²) in [6, 6.07) is 17.5.